The molecular formula is C19H22N4O5. The monoisotopic (exact) mass is 386 g/mol. The number of anilines is 1. The normalized spacial score (nSPS) is 14.6. The number of hydrogen-bond acceptors (Lipinski definition) is 6. The molecule has 2 aromatic rings. The number of hydrogen-bond donors (Lipinski definition) is 3. The van der Waals surface area contributed by atoms with Crippen LogP contribution in [0.5, 0.6) is 17.5 Å². The first-order chi connectivity index (χ1) is 13.1. The van der Waals surface area contributed by atoms with Crippen LogP contribution in [0.15, 0.2) is 30.6 Å². The molecule has 0 atom stereocenters. The van der Waals surface area contributed by atoms with Crippen LogP contribution in [0.25, 0.3) is 0 Å². The van der Waals surface area contributed by atoms with Gasteiger partial charge in [-0.1, -0.05) is 19.9 Å². The fourth-order valence-electron chi connectivity index (χ4n) is 2.86. The van der Waals surface area contributed by atoms with Crippen molar-refractivity contribution in [2.24, 2.45) is 0 Å². The average molecular weight is 386 g/mol. The van der Waals surface area contributed by atoms with Gasteiger partial charge in [-0.25, -0.2) is 14.8 Å². The van der Waals surface area contributed by atoms with Gasteiger partial charge in [0.1, 0.15) is 17.0 Å². The number of benzene rings is 1. The minimum absolute atomic E-state index is 0.122. The van der Waals surface area contributed by atoms with Crippen molar-refractivity contribution in [2.75, 3.05) is 11.9 Å². The van der Waals surface area contributed by atoms with Gasteiger partial charge in [0.05, 0.1) is 24.7 Å². The lowest BCUT2D eigenvalue weighted by molar-refractivity contribution is -0.121. The van der Waals surface area contributed by atoms with Crippen LogP contribution in [0.2, 0.25) is 0 Å². The summed E-state index contributed by atoms with van der Waals surface area (Å²) in [6.07, 6.45) is 1.49. The third kappa shape index (κ3) is 3.98. The van der Waals surface area contributed by atoms with Crippen molar-refractivity contribution in [2.45, 2.75) is 38.6 Å². The zero-order valence-electron chi connectivity index (χ0n) is 16.1. The van der Waals surface area contributed by atoms with Crippen LogP contribution in [0, 0.1) is 0 Å². The summed E-state index contributed by atoms with van der Waals surface area (Å²) in [6, 6.07) is 5.68. The van der Waals surface area contributed by atoms with Crippen LogP contribution in [0.4, 0.5) is 10.5 Å². The van der Waals surface area contributed by atoms with Crippen LogP contribution in [-0.2, 0) is 10.2 Å². The molecule has 0 bridgehead atoms. The third-order valence-electron chi connectivity index (χ3n) is 4.33. The molecule has 2 amide bonds. The maximum Gasteiger partial charge on any atom is 0.405 e. The van der Waals surface area contributed by atoms with Crippen molar-refractivity contribution in [1.82, 2.24) is 15.3 Å². The molecule has 0 unspecified atom stereocenters. The molecule has 9 heteroatoms. The number of fused-ring (bicyclic) bond motifs is 1. The van der Waals surface area contributed by atoms with E-state index in [9.17, 15) is 9.59 Å². The summed E-state index contributed by atoms with van der Waals surface area (Å²) in [5.74, 6) is 0.857. The highest BCUT2D eigenvalue weighted by Gasteiger charge is 2.35. The fourth-order valence-corrected chi connectivity index (χ4v) is 2.86. The van der Waals surface area contributed by atoms with E-state index in [1.54, 1.807) is 0 Å². The summed E-state index contributed by atoms with van der Waals surface area (Å²) >= 11 is 0. The van der Waals surface area contributed by atoms with Gasteiger partial charge in [0, 0.05) is 11.0 Å². The highest BCUT2D eigenvalue weighted by Crippen LogP contribution is 2.44. The van der Waals surface area contributed by atoms with Crippen molar-refractivity contribution in [3.8, 4) is 17.5 Å². The van der Waals surface area contributed by atoms with E-state index in [0.29, 0.717) is 18.0 Å². The van der Waals surface area contributed by atoms with Crippen LogP contribution in [0.1, 0.15) is 33.3 Å². The molecule has 3 N–H and O–H groups in total. The van der Waals surface area contributed by atoms with E-state index in [1.807, 2.05) is 18.2 Å². The standard InChI is InChI=1S/C19H22N4O5/c1-18(2)10-27-12-6-5-7-13(14(12)18)28-16-20-8-11(9-21-16)22-15(24)19(3,4)23-17(25)26/h5-9,23H,10H2,1-4H3,(H,22,24)(H,25,26). The van der Waals surface area contributed by atoms with Gasteiger partial charge in [-0.2, -0.15) is 0 Å². The van der Waals surface area contributed by atoms with E-state index in [-0.39, 0.29) is 11.4 Å². The summed E-state index contributed by atoms with van der Waals surface area (Å²) in [4.78, 5) is 31.2. The van der Waals surface area contributed by atoms with E-state index in [2.05, 4.69) is 34.4 Å². The molecule has 0 spiro atoms. The Morgan fingerprint density at radius 3 is 2.57 bits per heavy atom. The predicted octanol–water partition coefficient (Wildman–Crippen LogP) is 2.92. The van der Waals surface area contributed by atoms with Gasteiger partial charge in [-0.05, 0) is 26.0 Å². The Kier molecular flexibility index (Phi) is 4.84. The molecule has 2 heterocycles. The van der Waals surface area contributed by atoms with Crippen molar-refractivity contribution in [1.29, 1.82) is 0 Å². The van der Waals surface area contributed by atoms with E-state index in [1.165, 1.54) is 26.2 Å². The molecular weight excluding hydrogens is 364 g/mol. The Hall–Kier alpha value is -3.36. The van der Waals surface area contributed by atoms with Gasteiger partial charge in [0.25, 0.3) is 0 Å². The van der Waals surface area contributed by atoms with Crippen molar-refractivity contribution < 1.29 is 24.2 Å². The molecule has 0 aliphatic carbocycles. The molecule has 28 heavy (non-hydrogen) atoms. The number of amides is 2. The Morgan fingerprint density at radius 2 is 1.93 bits per heavy atom. The summed E-state index contributed by atoms with van der Waals surface area (Å²) in [5.41, 5.74) is -0.225. The molecule has 0 radical (unpaired) electrons. The Morgan fingerprint density at radius 1 is 1.25 bits per heavy atom. The van der Waals surface area contributed by atoms with Crippen molar-refractivity contribution >= 4 is 17.7 Å². The van der Waals surface area contributed by atoms with Crippen molar-refractivity contribution in [3.05, 3.63) is 36.2 Å². The topological polar surface area (TPSA) is 123 Å². The Balaban J connectivity index is 1.72. The number of carbonyl (C=O) groups is 2. The molecule has 3 rings (SSSR count). The minimum atomic E-state index is -1.31. The van der Waals surface area contributed by atoms with Gasteiger partial charge in [0.15, 0.2) is 0 Å². The summed E-state index contributed by atoms with van der Waals surface area (Å²) in [5, 5.41) is 13.5. The van der Waals surface area contributed by atoms with Gasteiger partial charge < -0.3 is 25.2 Å². The first kappa shape index (κ1) is 19.4. The maximum absolute atomic E-state index is 12.2. The molecule has 1 aliphatic rings. The highest BCUT2D eigenvalue weighted by molar-refractivity contribution is 5.98. The van der Waals surface area contributed by atoms with Crippen LogP contribution in [-0.4, -0.2) is 39.2 Å². The molecule has 0 saturated carbocycles. The van der Waals surface area contributed by atoms with E-state index >= 15 is 0 Å². The summed E-state index contributed by atoms with van der Waals surface area (Å²) in [6.45, 7) is 7.61. The van der Waals surface area contributed by atoms with E-state index in [0.717, 1.165) is 11.3 Å². The van der Waals surface area contributed by atoms with Gasteiger partial charge >= 0.3 is 12.1 Å². The quantitative estimate of drug-likeness (QED) is 0.722. The molecule has 0 saturated heterocycles. The number of rotatable bonds is 5. The van der Waals surface area contributed by atoms with E-state index < -0.39 is 17.5 Å². The lowest BCUT2D eigenvalue weighted by Crippen LogP contribution is -2.51. The van der Waals surface area contributed by atoms with E-state index in [4.69, 9.17) is 14.6 Å². The number of ether oxygens (including phenoxy) is 2. The SMILES string of the molecule is CC(C)(NC(=O)O)C(=O)Nc1cnc(Oc2cccc3c2C(C)(C)CO3)nc1. The van der Waals surface area contributed by atoms with Crippen LogP contribution < -0.4 is 20.1 Å². The molecule has 1 aromatic carbocycles. The number of carboxylic acid groups (broad SMARTS) is 1. The predicted molar refractivity (Wildman–Crippen MR) is 101 cm³/mol. The number of aromatic nitrogens is 2. The molecule has 9 nitrogen and oxygen atoms in total. The zero-order valence-corrected chi connectivity index (χ0v) is 16.1. The largest absolute Gasteiger partial charge is 0.492 e. The first-order valence-electron chi connectivity index (χ1n) is 8.67. The maximum atomic E-state index is 12.2. The molecule has 1 aromatic heterocycles. The third-order valence-corrected chi connectivity index (χ3v) is 4.33. The van der Waals surface area contributed by atoms with Gasteiger partial charge in [-0.15, -0.1) is 0 Å². The van der Waals surface area contributed by atoms with Crippen molar-refractivity contribution in [3.63, 3.8) is 0 Å². The number of nitrogens with zero attached hydrogens (tertiary/aromatic N) is 2. The van der Waals surface area contributed by atoms with Gasteiger partial charge in [-0.3, -0.25) is 4.79 Å². The highest BCUT2D eigenvalue weighted by atomic mass is 16.5. The molecule has 1 aliphatic heterocycles. The Bertz CT molecular complexity index is 909. The Labute approximate surface area is 162 Å². The van der Waals surface area contributed by atoms with Crippen LogP contribution in [0.3, 0.4) is 0 Å². The molecule has 0 fully saturated rings. The fraction of sp³-hybridized carbons (Fsp3) is 0.368. The second-order valence-corrected chi connectivity index (χ2v) is 7.67. The minimum Gasteiger partial charge on any atom is -0.492 e. The lowest BCUT2D eigenvalue weighted by Gasteiger charge is -2.23. The van der Waals surface area contributed by atoms with Crippen LogP contribution >= 0.6 is 0 Å². The average Bonchev–Trinajstić information content (AvgIpc) is 2.92. The first-order valence-corrected chi connectivity index (χ1v) is 8.67. The van der Waals surface area contributed by atoms with Gasteiger partial charge in [0.2, 0.25) is 5.91 Å². The zero-order chi connectivity index (χ0) is 20.5. The second kappa shape index (κ2) is 6.99. The second-order valence-electron chi connectivity index (χ2n) is 7.67. The summed E-state index contributed by atoms with van der Waals surface area (Å²) < 4.78 is 11.5. The number of carbonyl (C=O) groups excluding carboxylic acids is 1. The smallest absolute Gasteiger partial charge is 0.405 e. The lowest BCUT2D eigenvalue weighted by atomic mass is 9.86. The summed E-state index contributed by atoms with van der Waals surface area (Å²) in [7, 11) is 0. The number of nitrogens with one attached hydrogen (secondary N) is 2. The molecule has 148 valence electrons.